The van der Waals surface area contributed by atoms with Crippen LogP contribution in [-0.4, -0.2) is 37.5 Å². The number of amides is 1. The Morgan fingerprint density at radius 3 is 2.68 bits per heavy atom. The predicted octanol–water partition coefficient (Wildman–Crippen LogP) is 3.44. The highest BCUT2D eigenvalue weighted by molar-refractivity contribution is 7.89. The van der Waals surface area contributed by atoms with E-state index in [-0.39, 0.29) is 18.2 Å². The first-order valence-corrected chi connectivity index (χ1v) is 11.1. The van der Waals surface area contributed by atoms with Gasteiger partial charge in [-0.1, -0.05) is 36.4 Å². The second-order valence-corrected chi connectivity index (χ2v) is 9.19. The van der Waals surface area contributed by atoms with Crippen LogP contribution in [0.4, 0.5) is 10.1 Å². The molecule has 1 aliphatic rings. The maximum Gasteiger partial charge on any atom is 0.228 e. The first-order chi connectivity index (χ1) is 13.4. The number of rotatable bonds is 7. The van der Waals surface area contributed by atoms with Crippen LogP contribution in [0.25, 0.3) is 0 Å². The summed E-state index contributed by atoms with van der Waals surface area (Å²) in [4.78, 5) is 12.5. The number of sulfonamides is 1. The molecule has 1 amide bonds. The Kier molecular flexibility index (Phi) is 6.80. The molecular weight excluding hydrogens is 379 g/mol. The molecule has 7 heteroatoms. The Morgan fingerprint density at radius 2 is 1.93 bits per heavy atom. The lowest BCUT2D eigenvalue weighted by Gasteiger charge is -2.31. The van der Waals surface area contributed by atoms with Crippen LogP contribution in [0.5, 0.6) is 0 Å². The van der Waals surface area contributed by atoms with E-state index >= 15 is 0 Å². The maximum absolute atomic E-state index is 13.3. The molecule has 1 heterocycles. The molecule has 5 nitrogen and oxygen atoms in total. The van der Waals surface area contributed by atoms with Crippen LogP contribution in [0.15, 0.2) is 54.6 Å². The summed E-state index contributed by atoms with van der Waals surface area (Å²) in [5.41, 5.74) is 1.50. The topological polar surface area (TPSA) is 66.5 Å². The van der Waals surface area contributed by atoms with Crippen molar-refractivity contribution in [1.82, 2.24) is 4.31 Å². The van der Waals surface area contributed by atoms with E-state index in [9.17, 15) is 17.6 Å². The average molecular weight is 405 g/mol. The van der Waals surface area contributed by atoms with Crippen LogP contribution in [0.3, 0.4) is 0 Å². The van der Waals surface area contributed by atoms with Crippen molar-refractivity contribution in [1.29, 1.82) is 0 Å². The van der Waals surface area contributed by atoms with Gasteiger partial charge in [-0.25, -0.2) is 17.1 Å². The molecule has 1 fully saturated rings. The molecule has 0 aliphatic carbocycles. The minimum absolute atomic E-state index is 0.0696. The minimum atomic E-state index is -3.41. The summed E-state index contributed by atoms with van der Waals surface area (Å²) in [7, 11) is -3.41. The standard InChI is InChI=1S/C21H25FN2O3S/c22-19-11-4-12-20(15-19)23-21(25)18-10-5-13-24(16-18)28(26,27)14-6-9-17-7-2-1-3-8-17/h1-4,7-8,11-12,15,18H,5-6,9-10,13-14,16H2,(H,23,25)/t18-/m1/s1. The van der Waals surface area contributed by atoms with Crippen molar-refractivity contribution >= 4 is 21.6 Å². The summed E-state index contributed by atoms with van der Waals surface area (Å²) >= 11 is 0. The summed E-state index contributed by atoms with van der Waals surface area (Å²) in [6, 6.07) is 15.5. The number of carbonyl (C=O) groups is 1. The van der Waals surface area contributed by atoms with Crippen molar-refractivity contribution in [2.45, 2.75) is 25.7 Å². The lowest BCUT2D eigenvalue weighted by atomic mass is 9.99. The molecule has 0 radical (unpaired) electrons. The molecule has 1 N–H and O–H groups in total. The number of carbonyl (C=O) groups excluding carboxylic acids is 1. The van der Waals surface area contributed by atoms with Gasteiger partial charge in [0, 0.05) is 18.8 Å². The minimum Gasteiger partial charge on any atom is -0.326 e. The number of nitrogens with one attached hydrogen (secondary N) is 1. The summed E-state index contributed by atoms with van der Waals surface area (Å²) in [5.74, 6) is -1.06. The van der Waals surface area contributed by atoms with Gasteiger partial charge in [0.05, 0.1) is 11.7 Å². The van der Waals surface area contributed by atoms with E-state index in [0.29, 0.717) is 37.9 Å². The van der Waals surface area contributed by atoms with Crippen LogP contribution in [0.1, 0.15) is 24.8 Å². The zero-order valence-electron chi connectivity index (χ0n) is 15.7. The first kappa shape index (κ1) is 20.5. The highest BCUT2D eigenvalue weighted by atomic mass is 32.2. The average Bonchev–Trinajstić information content (AvgIpc) is 2.69. The zero-order valence-corrected chi connectivity index (χ0v) is 16.5. The van der Waals surface area contributed by atoms with Crippen molar-refractivity contribution in [3.63, 3.8) is 0 Å². The van der Waals surface area contributed by atoms with E-state index in [4.69, 9.17) is 0 Å². The van der Waals surface area contributed by atoms with Crippen molar-refractivity contribution in [2.24, 2.45) is 5.92 Å². The molecule has 0 spiro atoms. The van der Waals surface area contributed by atoms with Gasteiger partial charge in [-0.15, -0.1) is 0 Å². The van der Waals surface area contributed by atoms with Gasteiger partial charge in [0.1, 0.15) is 5.82 Å². The molecular formula is C21H25FN2O3S. The van der Waals surface area contributed by atoms with Crippen molar-refractivity contribution < 1.29 is 17.6 Å². The van der Waals surface area contributed by atoms with Crippen LogP contribution in [0, 0.1) is 11.7 Å². The van der Waals surface area contributed by atoms with E-state index in [1.807, 2.05) is 30.3 Å². The monoisotopic (exact) mass is 404 g/mol. The van der Waals surface area contributed by atoms with Gasteiger partial charge in [0.2, 0.25) is 15.9 Å². The van der Waals surface area contributed by atoms with Gasteiger partial charge in [0.15, 0.2) is 0 Å². The Labute approximate surface area is 165 Å². The van der Waals surface area contributed by atoms with Crippen LogP contribution < -0.4 is 5.32 Å². The fourth-order valence-corrected chi connectivity index (χ4v) is 5.03. The molecule has 28 heavy (non-hydrogen) atoms. The smallest absolute Gasteiger partial charge is 0.228 e. The number of hydrogen-bond acceptors (Lipinski definition) is 3. The molecule has 1 saturated heterocycles. The second-order valence-electron chi connectivity index (χ2n) is 7.10. The Hall–Kier alpha value is -2.25. The highest BCUT2D eigenvalue weighted by Crippen LogP contribution is 2.22. The van der Waals surface area contributed by atoms with Crippen molar-refractivity contribution in [2.75, 3.05) is 24.2 Å². The predicted molar refractivity (Wildman–Crippen MR) is 108 cm³/mol. The van der Waals surface area contributed by atoms with Crippen molar-refractivity contribution in [3.05, 3.63) is 66.0 Å². The van der Waals surface area contributed by atoms with Crippen LogP contribution in [-0.2, 0) is 21.2 Å². The van der Waals surface area contributed by atoms with Gasteiger partial charge >= 0.3 is 0 Å². The lowest BCUT2D eigenvalue weighted by molar-refractivity contribution is -0.120. The Balaban J connectivity index is 1.54. The Morgan fingerprint density at radius 1 is 1.14 bits per heavy atom. The fraction of sp³-hybridized carbons (Fsp3) is 0.381. The third-order valence-electron chi connectivity index (χ3n) is 4.95. The molecule has 0 aromatic heterocycles. The molecule has 0 bridgehead atoms. The number of hydrogen-bond donors (Lipinski definition) is 1. The molecule has 2 aromatic carbocycles. The number of aryl methyl sites for hydroxylation is 1. The van der Waals surface area contributed by atoms with Gasteiger partial charge in [-0.3, -0.25) is 4.79 Å². The molecule has 150 valence electrons. The SMILES string of the molecule is O=C(Nc1cccc(F)c1)[C@@H]1CCCN(S(=O)(=O)CCCc2ccccc2)C1. The summed E-state index contributed by atoms with van der Waals surface area (Å²) < 4.78 is 40.1. The van der Waals surface area contributed by atoms with E-state index < -0.39 is 21.8 Å². The quantitative estimate of drug-likeness (QED) is 0.769. The molecule has 3 rings (SSSR count). The number of halogens is 1. The van der Waals surface area contributed by atoms with Crippen LogP contribution >= 0.6 is 0 Å². The normalized spacial score (nSPS) is 18.0. The second kappa shape index (κ2) is 9.30. The first-order valence-electron chi connectivity index (χ1n) is 9.52. The lowest BCUT2D eigenvalue weighted by Crippen LogP contribution is -2.44. The third kappa shape index (κ3) is 5.62. The summed E-state index contributed by atoms with van der Waals surface area (Å²) in [6.45, 7) is 0.617. The van der Waals surface area contributed by atoms with Crippen LogP contribution in [0.2, 0.25) is 0 Å². The molecule has 0 unspecified atom stereocenters. The zero-order chi connectivity index (χ0) is 20.0. The number of anilines is 1. The fourth-order valence-electron chi connectivity index (χ4n) is 3.45. The number of nitrogens with zero attached hydrogens (tertiary/aromatic N) is 1. The number of benzene rings is 2. The summed E-state index contributed by atoms with van der Waals surface area (Å²) in [6.07, 6.45) is 2.51. The van der Waals surface area contributed by atoms with Crippen molar-refractivity contribution in [3.8, 4) is 0 Å². The molecule has 1 aliphatic heterocycles. The van der Waals surface area contributed by atoms with E-state index in [1.165, 1.54) is 22.5 Å². The number of piperidine rings is 1. The van der Waals surface area contributed by atoms with Gasteiger partial charge in [0.25, 0.3) is 0 Å². The maximum atomic E-state index is 13.3. The van der Waals surface area contributed by atoms with Gasteiger partial charge in [-0.2, -0.15) is 0 Å². The highest BCUT2D eigenvalue weighted by Gasteiger charge is 2.32. The van der Waals surface area contributed by atoms with Gasteiger partial charge in [-0.05, 0) is 49.4 Å². The molecule has 1 atom stereocenters. The van der Waals surface area contributed by atoms with E-state index in [1.54, 1.807) is 6.07 Å². The molecule has 2 aromatic rings. The van der Waals surface area contributed by atoms with E-state index in [0.717, 1.165) is 5.56 Å². The Bertz CT molecular complexity index is 903. The van der Waals surface area contributed by atoms with E-state index in [2.05, 4.69) is 5.32 Å². The summed E-state index contributed by atoms with van der Waals surface area (Å²) in [5, 5.41) is 2.69. The third-order valence-corrected chi connectivity index (χ3v) is 6.87. The molecule has 0 saturated carbocycles. The van der Waals surface area contributed by atoms with Gasteiger partial charge < -0.3 is 5.32 Å². The largest absolute Gasteiger partial charge is 0.326 e.